The summed E-state index contributed by atoms with van der Waals surface area (Å²) in [6.07, 6.45) is 0. The summed E-state index contributed by atoms with van der Waals surface area (Å²) in [5.41, 5.74) is 1.84. The van der Waals surface area contributed by atoms with Gasteiger partial charge in [-0.25, -0.2) is 9.48 Å². The zero-order valence-electron chi connectivity index (χ0n) is 9.51. The highest BCUT2D eigenvalue weighted by atomic mass is 16.4. The van der Waals surface area contributed by atoms with Gasteiger partial charge in [-0.1, -0.05) is 6.07 Å². The van der Waals surface area contributed by atoms with E-state index < -0.39 is 5.97 Å². The molecule has 0 fully saturated rings. The quantitative estimate of drug-likeness (QED) is 0.829. The number of carboxylic acids is 1. The summed E-state index contributed by atoms with van der Waals surface area (Å²) in [6, 6.07) is 6.52. The van der Waals surface area contributed by atoms with Crippen molar-refractivity contribution in [1.29, 1.82) is 0 Å². The van der Waals surface area contributed by atoms with Crippen LogP contribution in [0.5, 0.6) is 5.75 Å². The first-order valence-electron chi connectivity index (χ1n) is 5.09. The van der Waals surface area contributed by atoms with E-state index in [1.165, 1.54) is 10.7 Å². The highest BCUT2D eigenvalue weighted by molar-refractivity contribution is 5.90. The SMILES string of the molecule is Cc1nn(-c2cccc(O)c2)c(C)c1C(=O)O. The van der Waals surface area contributed by atoms with Crippen molar-refractivity contribution in [2.45, 2.75) is 13.8 Å². The second kappa shape index (κ2) is 3.93. The molecule has 0 radical (unpaired) electrons. The molecule has 0 aliphatic heterocycles. The largest absolute Gasteiger partial charge is 0.508 e. The summed E-state index contributed by atoms with van der Waals surface area (Å²) in [6.45, 7) is 3.34. The summed E-state index contributed by atoms with van der Waals surface area (Å²) in [5, 5.41) is 22.6. The molecule has 5 heteroatoms. The summed E-state index contributed by atoms with van der Waals surface area (Å²) in [7, 11) is 0. The summed E-state index contributed by atoms with van der Waals surface area (Å²) >= 11 is 0. The van der Waals surface area contributed by atoms with E-state index in [1.54, 1.807) is 32.0 Å². The maximum Gasteiger partial charge on any atom is 0.339 e. The van der Waals surface area contributed by atoms with Crippen molar-refractivity contribution in [3.63, 3.8) is 0 Å². The number of carbonyl (C=O) groups is 1. The Morgan fingerprint density at radius 3 is 2.59 bits per heavy atom. The second-order valence-electron chi connectivity index (χ2n) is 3.78. The minimum absolute atomic E-state index is 0.118. The van der Waals surface area contributed by atoms with Gasteiger partial charge in [0, 0.05) is 6.07 Å². The molecule has 1 aromatic heterocycles. The van der Waals surface area contributed by atoms with E-state index in [9.17, 15) is 9.90 Å². The van der Waals surface area contributed by atoms with Crippen LogP contribution in [0.3, 0.4) is 0 Å². The first-order valence-corrected chi connectivity index (χ1v) is 5.09. The number of phenolic OH excluding ortho intramolecular Hbond substituents is 1. The Bertz CT molecular complexity index is 587. The Balaban J connectivity index is 2.62. The van der Waals surface area contributed by atoms with Gasteiger partial charge in [-0.05, 0) is 26.0 Å². The molecular weight excluding hydrogens is 220 g/mol. The van der Waals surface area contributed by atoms with Gasteiger partial charge in [0.2, 0.25) is 0 Å². The van der Waals surface area contributed by atoms with Crippen LogP contribution in [0.25, 0.3) is 5.69 Å². The number of hydrogen-bond donors (Lipinski definition) is 2. The zero-order valence-corrected chi connectivity index (χ0v) is 9.51. The van der Waals surface area contributed by atoms with Crippen LogP contribution in [0, 0.1) is 13.8 Å². The lowest BCUT2D eigenvalue weighted by Gasteiger charge is -2.04. The zero-order chi connectivity index (χ0) is 12.6. The number of aryl methyl sites for hydroxylation is 1. The number of aromatic hydroxyl groups is 1. The number of hydrogen-bond acceptors (Lipinski definition) is 3. The van der Waals surface area contributed by atoms with Crippen LogP contribution in [-0.4, -0.2) is 26.0 Å². The monoisotopic (exact) mass is 232 g/mol. The molecule has 1 aromatic carbocycles. The Kier molecular flexibility index (Phi) is 2.59. The smallest absolute Gasteiger partial charge is 0.339 e. The van der Waals surface area contributed by atoms with Crippen molar-refractivity contribution in [1.82, 2.24) is 9.78 Å². The molecule has 0 aliphatic rings. The van der Waals surface area contributed by atoms with E-state index in [4.69, 9.17) is 5.11 Å². The van der Waals surface area contributed by atoms with Gasteiger partial charge in [0.25, 0.3) is 0 Å². The third-order valence-corrected chi connectivity index (χ3v) is 2.58. The van der Waals surface area contributed by atoms with Crippen LogP contribution in [0.15, 0.2) is 24.3 Å². The molecule has 0 amide bonds. The van der Waals surface area contributed by atoms with Crippen LogP contribution in [0.1, 0.15) is 21.7 Å². The normalized spacial score (nSPS) is 10.5. The standard InChI is InChI=1S/C12H12N2O3/c1-7-11(12(16)17)8(2)14(13-7)9-4-3-5-10(15)6-9/h3-6,15H,1-2H3,(H,16,17). The average molecular weight is 232 g/mol. The van der Waals surface area contributed by atoms with E-state index in [2.05, 4.69) is 5.10 Å². The van der Waals surface area contributed by atoms with Crippen LogP contribution < -0.4 is 0 Å². The van der Waals surface area contributed by atoms with Crippen molar-refractivity contribution in [3.05, 3.63) is 41.2 Å². The van der Waals surface area contributed by atoms with Gasteiger partial charge < -0.3 is 10.2 Å². The van der Waals surface area contributed by atoms with Crippen LogP contribution in [-0.2, 0) is 0 Å². The lowest BCUT2D eigenvalue weighted by Crippen LogP contribution is -2.02. The van der Waals surface area contributed by atoms with Crippen molar-refractivity contribution >= 4 is 5.97 Å². The van der Waals surface area contributed by atoms with E-state index in [0.717, 1.165) is 0 Å². The fourth-order valence-electron chi connectivity index (χ4n) is 1.83. The molecule has 0 bridgehead atoms. The van der Waals surface area contributed by atoms with E-state index in [1.807, 2.05) is 0 Å². The molecule has 5 nitrogen and oxygen atoms in total. The highest BCUT2D eigenvalue weighted by Gasteiger charge is 2.18. The number of rotatable bonds is 2. The third-order valence-electron chi connectivity index (χ3n) is 2.58. The van der Waals surface area contributed by atoms with Gasteiger partial charge in [-0.15, -0.1) is 0 Å². The molecular formula is C12H12N2O3. The topological polar surface area (TPSA) is 75.3 Å². The molecule has 1 heterocycles. The Morgan fingerprint density at radius 1 is 1.35 bits per heavy atom. The minimum Gasteiger partial charge on any atom is -0.508 e. The maximum atomic E-state index is 11.1. The number of benzene rings is 1. The van der Waals surface area contributed by atoms with Crippen molar-refractivity contribution < 1.29 is 15.0 Å². The minimum atomic E-state index is -0.994. The first-order chi connectivity index (χ1) is 8.00. The number of aromatic carboxylic acids is 1. The molecule has 0 atom stereocenters. The number of nitrogens with zero attached hydrogens (tertiary/aromatic N) is 2. The second-order valence-corrected chi connectivity index (χ2v) is 3.78. The predicted octanol–water partition coefficient (Wildman–Crippen LogP) is 1.89. The van der Waals surface area contributed by atoms with Gasteiger partial charge in [0.15, 0.2) is 0 Å². The Labute approximate surface area is 97.9 Å². The first kappa shape index (κ1) is 11.2. The number of aromatic nitrogens is 2. The van der Waals surface area contributed by atoms with E-state index in [-0.39, 0.29) is 11.3 Å². The molecule has 0 aliphatic carbocycles. The molecule has 2 rings (SSSR count). The van der Waals surface area contributed by atoms with Crippen molar-refractivity contribution in [2.24, 2.45) is 0 Å². The molecule has 17 heavy (non-hydrogen) atoms. The van der Waals surface area contributed by atoms with E-state index >= 15 is 0 Å². The van der Waals surface area contributed by atoms with Gasteiger partial charge in [-0.3, -0.25) is 0 Å². The number of carboxylic acid groups (broad SMARTS) is 1. The van der Waals surface area contributed by atoms with Crippen LogP contribution in [0.2, 0.25) is 0 Å². The number of phenols is 1. The molecule has 0 spiro atoms. The lowest BCUT2D eigenvalue weighted by atomic mass is 10.2. The molecule has 0 unspecified atom stereocenters. The Morgan fingerprint density at radius 2 is 2.06 bits per heavy atom. The van der Waals surface area contributed by atoms with Gasteiger partial charge in [-0.2, -0.15) is 5.10 Å². The van der Waals surface area contributed by atoms with Crippen molar-refractivity contribution in [3.8, 4) is 11.4 Å². The van der Waals surface area contributed by atoms with Gasteiger partial charge in [0.1, 0.15) is 11.3 Å². The molecule has 0 saturated carbocycles. The summed E-state index contributed by atoms with van der Waals surface area (Å²) in [5.74, 6) is -0.877. The summed E-state index contributed by atoms with van der Waals surface area (Å²) in [4.78, 5) is 11.1. The van der Waals surface area contributed by atoms with Crippen molar-refractivity contribution in [2.75, 3.05) is 0 Å². The predicted molar refractivity (Wildman–Crippen MR) is 61.7 cm³/mol. The lowest BCUT2D eigenvalue weighted by molar-refractivity contribution is 0.0695. The summed E-state index contributed by atoms with van der Waals surface area (Å²) < 4.78 is 1.51. The van der Waals surface area contributed by atoms with E-state index in [0.29, 0.717) is 17.1 Å². The van der Waals surface area contributed by atoms with Gasteiger partial charge >= 0.3 is 5.97 Å². The molecule has 88 valence electrons. The maximum absolute atomic E-state index is 11.1. The molecule has 0 saturated heterocycles. The van der Waals surface area contributed by atoms with Crippen LogP contribution >= 0.6 is 0 Å². The van der Waals surface area contributed by atoms with Gasteiger partial charge in [0.05, 0.1) is 17.1 Å². The van der Waals surface area contributed by atoms with Crippen LogP contribution in [0.4, 0.5) is 0 Å². The Hall–Kier alpha value is -2.30. The molecule has 2 aromatic rings. The molecule has 2 N–H and O–H groups in total. The fourth-order valence-corrected chi connectivity index (χ4v) is 1.83. The third kappa shape index (κ3) is 1.87. The average Bonchev–Trinajstić information content (AvgIpc) is 2.54. The fraction of sp³-hybridized carbons (Fsp3) is 0.167. The highest BCUT2D eigenvalue weighted by Crippen LogP contribution is 2.20.